The predicted octanol–water partition coefficient (Wildman–Crippen LogP) is 2.87. The first-order valence-corrected chi connectivity index (χ1v) is 9.33. The molecule has 0 spiro atoms. The first kappa shape index (κ1) is 16.0. The van der Waals surface area contributed by atoms with Gasteiger partial charge in [0.05, 0.1) is 12.2 Å². The van der Waals surface area contributed by atoms with Gasteiger partial charge in [0.2, 0.25) is 0 Å². The summed E-state index contributed by atoms with van der Waals surface area (Å²) in [6.07, 6.45) is 7.37. The van der Waals surface area contributed by atoms with Gasteiger partial charge in [-0.1, -0.05) is 37.1 Å². The SMILES string of the molecule is O=S(=O)(NC1CCCC1)N(Cc1cccnc1)c1ccccc1. The molecule has 0 unspecified atom stereocenters. The lowest BCUT2D eigenvalue weighted by molar-refractivity contribution is 0.547. The first-order chi connectivity index (χ1) is 11.1. The molecule has 1 aliphatic carbocycles. The van der Waals surface area contributed by atoms with Crippen LogP contribution in [0.5, 0.6) is 0 Å². The number of hydrogen-bond donors (Lipinski definition) is 1. The average molecular weight is 331 g/mol. The monoisotopic (exact) mass is 331 g/mol. The number of nitrogens with zero attached hydrogens (tertiary/aromatic N) is 2. The predicted molar refractivity (Wildman–Crippen MR) is 91.2 cm³/mol. The highest BCUT2D eigenvalue weighted by atomic mass is 32.2. The standard InChI is InChI=1S/C17H21N3O2S/c21-23(22,19-16-8-4-5-9-16)20(17-10-2-1-3-11-17)14-15-7-6-12-18-13-15/h1-3,6-7,10-13,16,19H,4-5,8-9,14H2. The number of hydrogen-bond acceptors (Lipinski definition) is 3. The lowest BCUT2D eigenvalue weighted by Crippen LogP contribution is -2.44. The zero-order valence-corrected chi connectivity index (χ0v) is 13.7. The van der Waals surface area contributed by atoms with Gasteiger partial charge in [0.25, 0.3) is 0 Å². The summed E-state index contributed by atoms with van der Waals surface area (Å²) in [7, 11) is -3.60. The van der Waals surface area contributed by atoms with E-state index >= 15 is 0 Å². The molecule has 0 radical (unpaired) electrons. The van der Waals surface area contributed by atoms with Crippen molar-refractivity contribution in [3.63, 3.8) is 0 Å². The summed E-state index contributed by atoms with van der Waals surface area (Å²) in [5.41, 5.74) is 1.51. The summed E-state index contributed by atoms with van der Waals surface area (Å²) >= 11 is 0. The van der Waals surface area contributed by atoms with Gasteiger partial charge < -0.3 is 0 Å². The quantitative estimate of drug-likeness (QED) is 0.885. The van der Waals surface area contributed by atoms with E-state index in [-0.39, 0.29) is 12.6 Å². The number of nitrogens with one attached hydrogen (secondary N) is 1. The van der Waals surface area contributed by atoms with Crippen LogP contribution in [0.25, 0.3) is 0 Å². The number of benzene rings is 1. The number of para-hydroxylation sites is 1. The van der Waals surface area contributed by atoms with Crippen molar-refractivity contribution >= 4 is 15.9 Å². The highest BCUT2D eigenvalue weighted by molar-refractivity contribution is 7.90. The summed E-state index contributed by atoms with van der Waals surface area (Å²) in [5, 5.41) is 0. The Labute approximate surface area is 137 Å². The largest absolute Gasteiger partial charge is 0.302 e. The van der Waals surface area contributed by atoms with Crippen LogP contribution in [0.1, 0.15) is 31.2 Å². The van der Waals surface area contributed by atoms with Crippen molar-refractivity contribution in [2.24, 2.45) is 0 Å². The lowest BCUT2D eigenvalue weighted by Gasteiger charge is -2.26. The molecule has 1 aliphatic rings. The maximum absolute atomic E-state index is 12.9. The van der Waals surface area contributed by atoms with Crippen molar-refractivity contribution in [3.8, 4) is 0 Å². The van der Waals surface area contributed by atoms with E-state index < -0.39 is 10.2 Å². The molecular weight excluding hydrogens is 310 g/mol. The Hall–Kier alpha value is -1.92. The second kappa shape index (κ2) is 7.10. The van der Waals surface area contributed by atoms with Gasteiger partial charge in [0, 0.05) is 18.4 Å². The summed E-state index contributed by atoms with van der Waals surface area (Å²) in [6.45, 7) is 0.264. The molecule has 0 saturated heterocycles. The van der Waals surface area contributed by atoms with E-state index in [1.165, 1.54) is 4.31 Å². The molecule has 6 heteroatoms. The Morgan fingerprint density at radius 3 is 2.48 bits per heavy atom. The molecule has 23 heavy (non-hydrogen) atoms. The summed E-state index contributed by atoms with van der Waals surface area (Å²) < 4.78 is 30.0. The second-order valence-electron chi connectivity index (χ2n) is 5.81. The molecule has 5 nitrogen and oxygen atoms in total. The Balaban J connectivity index is 1.88. The van der Waals surface area contributed by atoms with Crippen molar-refractivity contribution in [2.75, 3.05) is 4.31 Å². The molecule has 1 fully saturated rings. The molecule has 122 valence electrons. The fourth-order valence-electron chi connectivity index (χ4n) is 2.88. The maximum Gasteiger partial charge on any atom is 0.302 e. The van der Waals surface area contributed by atoms with Crippen LogP contribution < -0.4 is 9.03 Å². The van der Waals surface area contributed by atoms with Crippen LogP contribution in [-0.4, -0.2) is 19.4 Å². The zero-order valence-electron chi connectivity index (χ0n) is 12.9. The Kier molecular flexibility index (Phi) is 4.93. The van der Waals surface area contributed by atoms with E-state index in [0.717, 1.165) is 31.2 Å². The molecule has 0 amide bonds. The van der Waals surface area contributed by atoms with Crippen molar-refractivity contribution in [3.05, 3.63) is 60.4 Å². The molecule has 1 saturated carbocycles. The van der Waals surface area contributed by atoms with Gasteiger partial charge in [0.1, 0.15) is 0 Å². The van der Waals surface area contributed by atoms with Crippen LogP contribution in [0.4, 0.5) is 5.69 Å². The zero-order chi connectivity index (χ0) is 16.1. The lowest BCUT2D eigenvalue weighted by atomic mass is 10.2. The van der Waals surface area contributed by atoms with Crippen molar-refractivity contribution in [1.29, 1.82) is 0 Å². The van der Waals surface area contributed by atoms with Gasteiger partial charge in [-0.15, -0.1) is 0 Å². The smallest absolute Gasteiger partial charge is 0.264 e. The van der Waals surface area contributed by atoms with E-state index in [4.69, 9.17) is 0 Å². The Morgan fingerprint density at radius 1 is 1.09 bits per heavy atom. The molecule has 3 rings (SSSR count). The van der Waals surface area contributed by atoms with Gasteiger partial charge in [0.15, 0.2) is 0 Å². The second-order valence-corrected chi connectivity index (χ2v) is 7.43. The summed E-state index contributed by atoms with van der Waals surface area (Å²) in [6, 6.07) is 12.9. The van der Waals surface area contributed by atoms with Gasteiger partial charge in [-0.3, -0.25) is 9.29 Å². The van der Waals surface area contributed by atoms with E-state index in [9.17, 15) is 8.42 Å². The fourth-order valence-corrected chi connectivity index (χ4v) is 4.39. The fraction of sp³-hybridized carbons (Fsp3) is 0.353. The van der Waals surface area contributed by atoms with Crippen molar-refractivity contribution in [2.45, 2.75) is 38.3 Å². The van der Waals surface area contributed by atoms with Gasteiger partial charge >= 0.3 is 10.2 Å². The minimum Gasteiger partial charge on any atom is -0.264 e. The van der Waals surface area contributed by atoms with Crippen LogP contribution >= 0.6 is 0 Å². The molecule has 0 bridgehead atoms. The number of rotatable bonds is 6. The first-order valence-electron chi connectivity index (χ1n) is 7.89. The Bertz CT molecular complexity index is 714. The van der Waals surface area contributed by atoms with Gasteiger partial charge in [-0.2, -0.15) is 13.1 Å². The molecular formula is C17H21N3O2S. The maximum atomic E-state index is 12.9. The molecule has 1 N–H and O–H groups in total. The van der Waals surface area contributed by atoms with Gasteiger partial charge in [-0.25, -0.2) is 0 Å². The number of aromatic nitrogens is 1. The van der Waals surface area contributed by atoms with E-state index in [1.54, 1.807) is 12.4 Å². The van der Waals surface area contributed by atoms with E-state index in [2.05, 4.69) is 9.71 Å². The third kappa shape index (κ3) is 4.09. The summed E-state index contributed by atoms with van der Waals surface area (Å²) in [4.78, 5) is 4.07. The highest BCUT2D eigenvalue weighted by Crippen LogP contribution is 2.23. The molecule has 1 aromatic heterocycles. The van der Waals surface area contributed by atoms with Crippen LogP contribution in [-0.2, 0) is 16.8 Å². The van der Waals surface area contributed by atoms with Crippen molar-refractivity contribution < 1.29 is 8.42 Å². The van der Waals surface area contributed by atoms with E-state index in [1.807, 2.05) is 42.5 Å². The molecule has 0 aliphatic heterocycles. The minimum absolute atomic E-state index is 0.0418. The third-order valence-corrected chi connectivity index (χ3v) is 5.61. The molecule has 1 aromatic carbocycles. The topological polar surface area (TPSA) is 62.3 Å². The van der Waals surface area contributed by atoms with Crippen LogP contribution in [0.15, 0.2) is 54.9 Å². The van der Waals surface area contributed by atoms with E-state index in [0.29, 0.717) is 5.69 Å². The number of anilines is 1. The number of pyridine rings is 1. The normalized spacial score (nSPS) is 15.7. The third-order valence-electron chi connectivity index (χ3n) is 4.05. The van der Waals surface area contributed by atoms with Crippen LogP contribution in [0.3, 0.4) is 0 Å². The molecule has 2 aromatic rings. The summed E-state index contributed by atoms with van der Waals surface area (Å²) in [5.74, 6) is 0. The van der Waals surface area contributed by atoms with Crippen molar-refractivity contribution in [1.82, 2.24) is 9.71 Å². The highest BCUT2D eigenvalue weighted by Gasteiger charge is 2.27. The van der Waals surface area contributed by atoms with Gasteiger partial charge in [-0.05, 0) is 36.6 Å². The minimum atomic E-state index is -3.60. The molecule has 1 heterocycles. The van der Waals surface area contributed by atoms with Crippen LogP contribution in [0, 0.1) is 0 Å². The average Bonchev–Trinajstić information content (AvgIpc) is 3.06. The molecule has 0 atom stereocenters. The Morgan fingerprint density at radius 2 is 1.83 bits per heavy atom. The van der Waals surface area contributed by atoms with Crippen LogP contribution in [0.2, 0.25) is 0 Å².